The van der Waals surface area contributed by atoms with Gasteiger partial charge < -0.3 is 15.9 Å². The topological polar surface area (TPSA) is 65.2 Å². The molecule has 0 radical (unpaired) electrons. The fourth-order valence-electron chi connectivity index (χ4n) is 4.70. The molecule has 0 unspecified atom stereocenters. The third-order valence-electron chi connectivity index (χ3n) is 6.39. The minimum atomic E-state index is -0.562. The van der Waals surface area contributed by atoms with Crippen LogP contribution in [-0.4, -0.2) is 0 Å². The molecule has 5 aromatic carbocycles. The number of rotatable bonds is 4. The van der Waals surface area contributed by atoms with E-state index in [0.29, 0.717) is 0 Å². The number of benzene rings is 5. The molecule has 0 spiro atoms. The van der Waals surface area contributed by atoms with Crippen LogP contribution >= 0.6 is 0 Å². The van der Waals surface area contributed by atoms with E-state index in [1.165, 1.54) is 22.3 Å². The third-order valence-corrected chi connectivity index (χ3v) is 6.39. The lowest BCUT2D eigenvalue weighted by Gasteiger charge is -2.09. The summed E-state index contributed by atoms with van der Waals surface area (Å²) in [7, 11) is 0. The van der Waals surface area contributed by atoms with Gasteiger partial charge in [0.1, 0.15) is 11.2 Å². The molecule has 34 heavy (non-hydrogen) atoms. The maximum atomic E-state index is 6.07. The van der Waals surface area contributed by atoms with Crippen LogP contribution in [0.25, 0.3) is 55.3 Å². The number of hydrogen-bond donors (Lipinski definition) is 2. The largest absolute Gasteiger partial charge is 0.456 e. The summed E-state index contributed by atoms with van der Waals surface area (Å²) < 4.78 is 6.07. The van der Waals surface area contributed by atoms with Crippen LogP contribution in [0.3, 0.4) is 0 Å². The maximum Gasteiger partial charge on any atom is 0.135 e. The van der Waals surface area contributed by atoms with E-state index in [4.69, 9.17) is 15.9 Å². The highest BCUT2D eigenvalue weighted by Crippen LogP contribution is 2.36. The van der Waals surface area contributed by atoms with Crippen molar-refractivity contribution in [1.82, 2.24) is 0 Å². The van der Waals surface area contributed by atoms with Crippen LogP contribution in [-0.2, 0) is 0 Å². The van der Waals surface area contributed by atoms with Gasteiger partial charge in [0.2, 0.25) is 0 Å². The van der Waals surface area contributed by atoms with E-state index in [-0.39, 0.29) is 0 Å². The monoisotopic (exact) mass is 440 g/mol. The van der Waals surface area contributed by atoms with Gasteiger partial charge in [-0.15, -0.1) is 0 Å². The molecule has 0 saturated carbocycles. The molecule has 0 aliphatic rings. The highest BCUT2D eigenvalue weighted by molar-refractivity contribution is 6.08. The number of nitrogens with two attached hydrogens (primary N) is 2. The molecular formula is C31H24N2O. The lowest BCUT2D eigenvalue weighted by atomic mass is 9.95. The Morgan fingerprint density at radius 3 is 1.68 bits per heavy atom. The second-order valence-electron chi connectivity index (χ2n) is 8.59. The summed E-state index contributed by atoms with van der Waals surface area (Å²) in [5.41, 5.74) is 21.7. The first-order chi connectivity index (χ1) is 16.7. The molecule has 0 fully saturated rings. The lowest BCUT2D eigenvalue weighted by molar-refractivity contribution is 0.668. The van der Waals surface area contributed by atoms with Crippen molar-refractivity contribution in [2.45, 2.75) is 6.17 Å². The molecule has 0 saturated heterocycles. The van der Waals surface area contributed by atoms with Crippen LogP contribution in [0.15, 0.2) is 120 Å². The van der Waals surface area contributed by atoms with E-state index in [2.05, 4.69) is 84.9 Å². The zero-order valence-corrected chi connectivity index (χ0v) is 18.6. The normalized spacial score (nSPS) is 11.5. The SMILES string of the molecule is NC(N)c1cccc2oc3ccc(-c4cccc(-c5cccc(-c6ccccc6)c5)c4)cc3c12. The van der Waals surface area contributed by atoms with Gasteiger partial charge in [0, 0.05) is 10.8 Å². The molecule has 0 atom stereocenters. The van der Waals surface area contributed by atoms with Crippen molar-refractivity contribution < 1.29 is 4.42 Å². The Morgan fingerprint density at radius 2 is 1.03 bits per heavy atom. The second kappa shape index (κ2) is 8.31. The van der Waals surface area contributed by atoms with Crippen LogP contribution in [0.5, 0.6) is 0 Å². The van der Waals surface area contributed by atoms with Gasteiger partial charge in [-0.1, -0.05) is 84.9 Å². The summed E-state index contributed by atoms with van der Waals surface area (Å²) >= 11 is 0. The molecule has 0 aliphatic carbocycles. The zero-order valence-electron chi connectivity index (χ0n) is 18.6. The highest BCUT2D eigenvalue weighted by atomic mass is 16.3. The van der Waals surface area contributed by atoms with Crippen molar-refractivity contribution in [3.05, 3.63) is 121 Å². The Morgan fingerprint density at radius 1 is 0.471 bits per heavy atom. The minimum absolute atomic E-state index is 0.562. The fourth-order valence-corrected chi connectivity index (χ4v) is 4.70. The fraction of sp³-hybridized carbons (Fsp3) is 0.0323. The summed E-state index contributed by atoms with van der Waals surface area (Å²) in [4.78, 5) is 0. The predicted molar refractivity (Wildman–Crippen MR) is 141 cm³/mol. The van der Waals surface area contributed by atoms with Crippen LogP contribution in [0.2, 0.25) is 0 Å². The molecule has 0 bridgehead atoms. The first-order valence-corrected chi connectivity index (χ1v) is 11.4. The van der Waals surface area contributed by atoms with Crippen molar-refractivity contribution >= 4 is 21.9 Å². The molecule has 4 N–H and O–H groups in total. The molecular weight excluding hydrogens is 416 g/mol. The first-order valence-electron chi connectivity index (χ1n) is 11.4. The Bertz CT molecular complexity index is 1630. The van der Waals surface area contributed by atoms with Crippen molar-refractivity contribution in [2.24, 2.45) is 11.5 Å². The average Bonchev–Trinajstić information content (AvgIpc) is 3.27. The standard InChI is InChI=1S/C31H24N2O/c32-31(33)26-13-6-14-29-30(26)27-19-25(15-16-28(27)34-29)24-12-5-11-23(18-24)22-10-4-9-21(17-22)20-7-2-1-3-8-20/h1-19,31H,32-33H2. The van der Waals surface area contributed by atoms with E-state index >= 15 is 0 Å². The van der Waals surface area contributed by atoms with Gasteiger partial charge >= 0.3 is 0 Å². The summed E-state index contributed by atoms with van der Waals surface area (Å²) in [6.07, 6.45) is -0.562. The summed E-state index contributed by atoms with van der Waals surface area (Å²) in [6.45, 7) is 0. The molecule has 0 aliphatic heterocycles. The average molecular weight is 441 g/mol. The van der Waals surface area contributed by atoms with Crippen LogP contribution < -0.4 is 11.5 Å². The van der Waals surface area contributed by atoms with Gasteiger partial charge in [-0.2, -0.15) is 0 Å². The molecule has 3 nitrogen and oxygen atoms in total. The van der Waals surface area contributed by atoms with Crippen molar-refractivity contribution in [3.63, 3.8) is 0 Å². The number of hydrogen-bond acceptors (Lipinski definition) is 3. The predicted octanol–water partition coefficient (Wildman–Crippen LogP) is 7.50. The van der Waals surface area contributed by atoms with Gasteiger partial charge in [-0.25, -0.2) is 0 Å². The van der Waals surface area contributed by atoms with Gasteiger partial charge in [0.25, 0.3) is 0 Å². The Balaban J connectivity index is 1.45. The van der Waals surface area contributed by atoms with E-state index in [0.717, 1.165) is 38.6 Å². The van der Waals surface area contributed by atoms with Crippen molar-refractivity contribution in [2.75, 3.05) is 0 Å². The summed E-state index contributed by atoms with van der Waals surface area (Å²) in [5, 5.41) is 2.02. The van der Waals surface area contributed by atoms with Crippen LogP contribution in [0, 0.1) is 0 Å². The zero-order chi connectivity index (χ0) is 23.1. The highest BCUT2D eigenvalue weighted by Gasteiger charge is 2.14. The van der Waals surface area contributed by atoms with Crippen molar-refractivity contribution in [3.8, 4) is 33.4 Å². The van der Waals surface area contributed by atoms with Gasteiger partial charge in [0.15, 0.2) is 0 Å². The Hall–Kier alpha value is -4.18. The first kappa shape index (κ1) is 20.4. The lowest BCUT2D eigenvalue weighted by Crippen LogP contribution is -2.20. The molecule has 1 heterocycles. The van der Waals surface area contributed by atoms with E-state index in [1.807, 2.05) is 30.3 Å². The van der Waals surface area contributed by atoms with E-state index in [9.17, 15) is 0 Å². The van der Waals surface area contributed by atoms with Gasteiger partial charge in [-0.05, 0) is 69.3 Å². The Kier molecular flexibility index (Phi) is 4.99. The number of fused-ring (bicyclic) bond motifs is 3. The van der Waals surface area contributed by atoms with E-state index < -0.39 is 6.17 Å². The minimum Gasteiger partial charge on any atom is -0.456 e. The summed E-state index contributed by atoms with van der Waals surface area (Å²) in [6, 6.07) is 40.0. The quantitative estimate of drug-likeness (QED) is 0.279. The second-order valence-corrected chi connectivity index (χ2v) is 8.59. The van der Waals surface area contributed by atoms with E-state index in [1.54, 1.807) is 0 Å². The molecule has 1 aromatic heterocycles. The third kappa shape index (κ3) is 3.57. The molecule has 0 amide bonds. The molecule has 164 valence electrons. The molecule has 6 rings (SSSR count). The van der Waals surface area contributed by atoms with Crippen molar-refractivity contribution in [1.29, 1.82) is 0 Å². The number of furan rings is 1. The van der Waals surface area contributed by atoms with Gasteiger partial charge in [0.05, 0.1) is 6.17 Å². The molecule has 6 aromatic rings. The van der Waals surface area contributed by atoms with Crippen LogP contribution in [0.4, 0.5) is 0 Å². The smallest absolute Gasteiger partial charge is 0.135 e. The van der Waals surface area contributed by atoms with Gasteiger partial charge in [-0.3, -0.25) is 0 Å². The maximum absolute atomic E-state index is 6.07. The summed E-state index contributed by atoms with van der Waals surface area (Å²) in [5.74, 6) is 0. The molecule has 3 heteroatoms. The Labute approximate surface area is 198 Å². The van der Waals surface area contributed by atoms with Crippen LogP contribution in [0.1, 0.15) is 11.7 Å².